The number of ketones is 1. The van der Waals surface area contributed by atoms with Gasteiger partial charge >= 0.3 is 0 Å². The molecule has 0 aliphatic heterocycles. The minimum absolute atomic E-state index is 0.0467. The third kappa shape index (κ3) is 5.13. The van der Waals surface area contributed by atoms with Crippen molar-refractivity contribution in [3.05, 3.63) is 35.9 Å². The maximum atomic E-state index is 12.4. The summed E-state index contributed by atoms with van der Waals surface area (Å²) >= 11 is 0. The molecule has 0 spiro atoms. The fourth-order valence-electron chi connectivity index (χ4n) is 2.23. The molecule has 3 nitrogen and oxygen atoms in total. The van der Waals surface area contributed by atoms with Gasteiger partial charge < -0.3 is 4.90 Å². The lowest BCUT2D eigenvalue weighted by molar-refractivity contribution is 0.0840. The number of benzene rings is 1. The Hall–Kier alpha value is -1.19. The molecule has 0 saturated carbocycles. The smallest absolute Gasteiger partial charge is 0.179 e. The van der Waals surface area contributed by atoms with Crippen LogP contribution in [0.1, 0.15) is 30.6 Å². The minimum atomic E-state index is -0.0467. The van der Waals surface area contributed by atoms with Gasteiger partial charge in [-0.1, -0.05) is 37.3 Å². The molecule has 0 heterocycles. The lowest BCUT2D eigenvalue weighted by Crippen LogP contribution is -2.40. The van der Waals surface area contributed by atoms with E-state index in [1.54, 1.807) is 0 Å². The van der Waals surface area contributed by atoms with Crippen molar-refractivity contribution in [2.45, 2.75) is 26.3 Å². The Morgan fingerprint density at radius 1 is 1.16 bits per heavy atom. The number of rotatable bonds is 8. The van der Waals surface area contributed by atoms with E-state index < -0.39 is 0 Å². The van der Waals surface area contributed by atoms with E-state index in [-0.39, 0.29) is 11.8 Å². The van der Waals surface area contributed by atoms with Crippen LogP contribution < -0.4 is 0 Å². The molecule has 0 N–H and O–H groups in total. The number of nitrogens with zero attached hydrogens (tertiary/aromatic N) is 2. The van der Waals surface area contributed by atoms with Crippen LogP contribution in [0.4, 0.5) is 0 Å². The fraction of sp³-hybridized carbons (Fsp3) is 0.562. The molecular formula is C16H26N2O. The largest absolute Gasteiger partial charge is 0.309 e. The van der Waals surface area contributed by atoms with Crippen molar-refractivity contribution in [1.82, 2.24) is 9.80 Å². The summed E-state index contributed by atoms with van der Waals surface area (Å²) in [5.74, 6) is 0.215. The van der Waals surface area contributed by atoms with Gasteiger partial charge in [-0.05, 0) is 40.5 Å². The van der Waals surface area contributed by atoms with Gasteiger partial charge in [0.15, 0.2) is 5.78 Å². The molecule has 1 rings (SSSR count). The van der Waals surface area contributed by atoms with Gasteiger partial charge in [-0.2, -0.15) is 0 Å². The molecule has 1 aromatic carbocycles. The number of Topliss-reactive ketones (excluding diaryl/α,β-unsaturated/α-hetero) is 1. The zero-order valence-corrected chi connectivity index (χ0v) is 12.6. The van der Waals surface area contributed by atoms with Crippen LogP contribution in [0.5, 0.6) is 0 Å². The zero-order valence-electron chi connectivity index (χ0n) is 12.6. The third-order valence-electron chi connectivity index (χ3n) is 3.44. The van der Waals surface area contributed by atoms with Gasteiger partial charge in [0.05, 0.1) is 6.04 Å². The summed E-state index contributed by atoms with van der Waals surface area (Å²) in [6, 6.07) is 9.52. The van der Waals surface area contributed by atoms with Gasteiger partial charge in [0, 0.05) is 12.1 Å². The summed E-state index contributed by atoms with van der Waals surface area (Å²) in [6.45, 7) is 7.06. The van der Waals surface area contributed by atoms with Crippen LogP contribution in [0.15, 0.2) is 30.3 Å². The summed E-state index contributed by atoms with van der Waals surface area (Å²) < 4.78 is 0. The van der Waals surface area contributed by atoms with Crippen molar-refractivity contribution in [3.8, 4) is 0 Å². The maximum Gasteiger partial charge on any atom is 0.179 e. The van der Waals surface area contributed by atoms with Gasteiger partial charge in [0.2, 0.25) is 0 Å². The molecule has 0 aliphatic carbocycles. The first-order valence-corrected chi connectivity index (χ1v) is 7.04. The van der Waals surface area contributed by atoms with Crippen LogP contribution in [0.3, 0.4) is 0 Å². The van der Waals surface area contributed by atoms with E-state index in [2.05, 4.69) is 30.8 Å². The topological polar surface area (TPSA) is 23.6 Å². The summed E-state index contributed by atoms with van der Waals surface area (Å²) in [6.07, 6.45) is 1.09. The predicted octanol–water partition coefficient (Wildman–Crippen LogP) is 2.53. The zero-order chi connectivity index (χ0) is 14.3. The van der Waals surface area contributed by atoms with Gasteiger partial charge in [-0.3, -0.25) is 9.69 Å². The van der Waals surface area contributed by atoms with E-state index in [9.17, 15) is 4.79 Å². The van der Waals surface area contributed by atoms with Crippen LogP contribution in [0, 0.1) is 0 Å². The Bertz CT molecular complexity index is 376. The number of hydrogen-bond acceptors (Lipinski definition) is 3. The van der Waals surface area contributed by atoms with Crippen LogP contribution in [0.2, 0.25) is 0 Å². The normalized spacial score (nSPS) is 12.9. The lowest BCUT2D eigenvalue weighted by Gasteiger charge is -2.27. The second-order valence-electron chi connectivity index (χ2n) is 5.19. The Balaban J connectivity index is 2.58. The van der Waals surface area contributed by atoms with Crippen molar-refractivity contribution in [1.29, 1.82) is 0 Å². The highest BCUT2D eigenvalue weighted by Crippen LogP contribution is 2.09. The second-order valence-corrected chi connectivity index (χ2v) is 5.19. The Kier molecular flexibility index (Phi) is 6.74. The van der Waals surface area contributed by atoms with Gasteiger partial charge in [-0.25, -0.2) is 0 Å². The maximum absolute atomic E-state index is 12.4. The van der Waals surface area contributed by atoms with Gasteiger partial charge in [0.1, 0.15) is 0 Å². The Morgan fingerprint density at radius 2 is 1.79 bits per heavy atom. The first kappa shape index (κ1) is 15.9. The fourth-order valence-corrected chi connectivity index (χ4v) is 2.23. The van der Waals surface area contributed by atoms with E-state index in [0.717, 1.165) is 31.6 Å². The van der Waals surface area contributed by atoms with Gasteiger partial charge in [0.25, 0.3) is 0 Å². The molecule has 106 valence electrons. The quantitative estimate of drug-likeness (QED) is 0.673. The highest BCUT2D eigenvalue weighted by atomic mass is 16.1. The standard InChI is InChI=1S/C16H26N2O/c1-5-18(13-9-12-17(3)4)14(2)16(19)15-10-7-6-8-11-15/h6-8,10-11,14H,5,9,12-13H2,1-4H3. The van der Waals surface area contributed by atoms with E-state index >= 15 is 0 Å². The molecule has 0 aromatic heterocycles. The van der Waals surface area contributed by atoms with Crippen LogP contribution >= 0.6 is 0 Å². The van der Waals surface area contributed by atoms with E-state index in [4.69, 9.17) is 0 Å². The molecule has 1 unspecified atom stereocenters. The molecule has 3 heteroatoms. The summed E-state index contributed by atoms with van der Waals surface area (Å²) in [4.78, 5) is 16.8. The number of likely N-dealkylation sites (N-methyl/N-ethyl adjacent to an activating group) is 1. The second kappa shape index (κ2) is 8.08. The highest BCUT2D eigenvalue weighted by Gasteiger charge is 2.20. The van der Waals surface area contributed by atoms with Crippen LogP contribution in [-0.2, 0) is 0 Å². The highest BCUT2D eigenvalue weighted by molar-refractivity contribution is 5.99. The van der Waals surface area contributed by atoms with Crippen molar-refractivity contribution in [2.24, 2.45) is 0 Å². The molecule has 0 bridgehead atoms. The minimum Gasteiger partial charge on any atom is -0.309 e. The van der Waals surface area contributed by atoms with Crippen molar-refractivity contribution >= 4 is 5.78 Å². The molecular weight excluding hydrogens is 236 g/mol. The lowest BCUT2D eigenvalue weighted by atomic mass is 10.0. The number of carbonyl (C=O) groups is 1. The predicted molar refractivity (Wildman–Crippen MR) is 80.7 cm³/mol. The van der Waals surface area contributed by atoms with Gasteiger partial charge in [-0.15, -0.1) is 0 Å². The Labute approximate surface area is 117 Å². The molecule has 1 aromatic rings. The molecule has 0 aliphatic rings. The molecule has 1 atom stereocenters. The number of carbonyl (C=O) groups excluding carboxylic acids is 1. The summed E-state index contributed by atoms with van der Waals surface area (Å²) in [5.41, 5.74) is 0.807. The van der Waals surface area contributed by atoms with Crippen LogP contribution in [0.25, 0.3) is 0 Å². The van der Waals surface area contributed by atoms with Crippen molar-refractivity contribution in [3.63, 3.8) is 0 Å². The monoisotopic (exact) mass is 262 g/mol. The summed E-state index contributed by atoms with van der Waals surface area (Å²) in [5, 5.41) is 0. The first-order valence-electron chi connectivity index (χ1n) is 7.04. The van der Waals surface area contributed by atoms with Crippen LogP contribution in [-0.4, -0.2) is 55.4 Å². The average molecular weight is 262 g/mol. The molecule has 0 fully saturated rings. The molecule has 0 radical (unpaired) electrons. The molecule has 19 heavy (non-hydrogen) atoms. The van der Waals surface area contributed by atoms with E-state index in [0.29, 0.717) is 0 Å². The van der Waals surface area contributed by atoms with Crippen molar-refractivity contribution in [2.75, 3.05) is 33.7 Å². The number of hydrogen-bond donors (Lipinski definition) is 0. The summed E-state index contributed by atoms with van der Waals surface area (Å²) in [7, 11) is 4.16. The molecule has 0 saturated heterocycles. The first-order chi connectivity index (χ1) is 9.06. The third-order valence-corrected chi connectivity index (χ3v) is 3.44. The Morgan fingerprint density at radius 3 is 2.32 bits per heavy atom. The average Bonchev–Trinajstić information content (AvgIpc) is 2.43. The SMILES string of the molecule is CCN(CCCN(C)C)C(C)C(=O)c1ccccc1. The van der Waals surface area contributed by atoms with E-state index in [1.807, 2.05) is 37.3 Å². The van der Waals surface area contributed by atoms with Crippen molar-refractivity contribution < 1.29 is 4.79 Å². The molecule has 0 amide bonds. The van der Waals surface area contributed by atoms with E-state index in [1.165, 1.54) is 0 Å².